The largest absolute Gasteiger partial charge is 0.380 e. The van der Waals surface area contributed by atoms with Crippen molar-refractivity contribution >= 4 is 11.8 Å². The first kappa shape index (κ1) is 21.7. The SMILES string of the molecule is C[C@H]1CN(C(=O)C2CCC(C3CCC4C(C3)NCN4C)CC2)CCN1C(=O)C1(O)CC1. The molecule has 2 aliphatic heterocycles. The maximum absolute atomic E-state index is 13.2. The molecule has 2 N–H and O–H groups in total. The minimum Gasteiger partial charge on any atom is -0.380 e. The van der Waals surface area contributed by atoms with E-state index in [4.69, 9.17) is 0 Å². The highest BCUT2D eigenvalue weighted by atomic mass is 16.3. The van der Waals surface area contributed by atoms with Gasteiger partial charge in [0.05, 0.1) is 0 Å². The molecule has 0 aromatic rings. The molecule has 4 atom stereocenters. The van der Waals surface area contributed by atoms with Crippen molar-refractivity contribution in [2.45, 2.75) is 88.4 Å². The Morgan fingerprint density at radius 2 is 1.71 bits per heavy atom. The molecule has 0 radical (unpaired) electrons. The zero-order chi connectivity index (χ0) is 21.8. The van der Waals surface area contributed by atoms with E-state index in [1.54, 1.807) is 4.90 Å². The van der Waals surface area contributed by atoms with Crippen molar-refractivity contribution in [3.8, 4) is 0 Å². The lowest BCUT2D eigenvalue weighted by atomic mass is 9.69. The summed E-state index contributed by atoms with van der Waals surface area (Å²) < 4.78 is 0. The summed E-state index contributed by atoms with van der Waals surface area (Å²) in [4.78, 5) is 32.0. The lowest BCUT2D eigenvalue weighted by Crippen LogP contribution is -2.58. The second-order valence-corrected chi connectivity index (χ2v) is 11.1. The number of rotatable bonds is 3. The number of aliphatic hydroxyl groups is 1. The van der Waals surface area contributed by atoms with Crippen molar-refractivity contribution in [2.24, 2.45) is 17.8 Å². The van der Waals surface area contributed by atoms with Crippen LogP contribution in [0.5, 0.6) is 0 Å². The van der Waals surface area contributed by atoms with Crippen molar-refractivity contribution in [2.75, 3.05) is 33.4 Å². The van der Waals surface area contributed by atoms with Gasteiger partial charge in [-0.1, -0.05) is 0 Å². The van der Waals surface area contributed by atoms with Crippen LogP contribution in [0.1, 0.15) is 64.7 Å². The van der Waals surface area contributed by atoms with Gasteiger partial charge in [-0.3, -0.25) is 19.8 Å². The predicted molar refractivity (Wildman–Crippen MR) is 118 cm³/mol. The summed E-state index contributed by atoms with van der Waals surface area (Å²) in [5.74, 6) is 1.92. The summed E-state index contributed by atoms with van der Waals surface area (Å²) in [7, 11) is 2.24. The molecule has 31 heavy (non-hydrogen) atoms. The number of hydrogen-bond acceptors (Lipinski definition) is 5. The number of carbonyl (C=O) groups excluding carboxylic acids is 2. The molecule has 2 saturated heterocycles. The molecule has 3 aliphatic carbocycles. The third-order valence-corrected chi connectivity index (χ3v) is 9.13. The predicted octanol–water partition coefficient (Wildman–Crippen LogP) is 1.41. The molecule has 2 heterocycles. The Hall–Kier alpha value is -1.18. The van der Waals surface area contributed by atoms with Gasteiger partial charge >= 0.3 is 0 Å². The van der Waals surface area contributed by atoms with Crippen LogP contribution in [-0.2, 0) is 9.59 Å². The Morgan fingerprint density at radius 1 is 1.00 bits per heavy atom. The van der Waals surface area contributed by atoms with Crippen LogP contribution in [0.2, 0.25) is 0 Å². The van der Waals surface area contributed by atoms with E-state index in [2.05, 4.69) is 17.3 Å². The number of hydrogen-bond donors (Lipinski definition) is 2. The van der Waals surface area contributed by atoms with Gasteiger partial charge in [-0.15, -0.1) is 0 Å². The van der Waals surface area contributed by atoms with E-state index in [1.807, 2.05) is 11.8 Å². The summed E-state index contributed by atoms with van der Waals surface area (Å²) in [6.45, 7) is 4.79. The lowest BCUT2D eigenvalue weighted by Gasteiger charge is -2.43. The zero-order valence-electron chi connectivity index (χ0n) is 19.3. The summed E-state index contributed by atoms with van der Waals surface area (Å²) in [6.07, 6.45) is 9.54. The highest BCUT2D eigenvalue weighted by Gasteiger charge is 2.51. The van der Waals surface area contributed by atoms with E-state index >= 15 is 0 Å². The summed E-state index contributed by atoms with van der Waals surface area (Å²) in [6, 6.07) is 1.37. The van der Waals surface area contributed by atoms with Gasteiger partial charge < -0.3 is 14.9 Å². The van der Waals surface area contributed by atoms with Gasteiger partial charge in [0, 0.05) is 50.3 Å². The highest BCUT2D eigenvalue weighted by molar-refractivity contribution is 5.88. The van der Waals surface area contributed by atoms with Crippen molar-refractivity contribution in [3.05, 3.63) is 0 Å². The molecule has 7 nitrogen and oxygen atoms in total. The van der Waals surface area contributed by atoms with Crippen LogP contribution in [0, 0.1) is 17.8 Å². The van der Waals surface area contributed by atoms with Crippen LogP contribution in [0.4, 0.5) is 0 Å². The van der Waals surface area contributed by atoms with Crippen molar-refractivity contribution in [1.29, 1.82) is 0 Å². The van der Waals surface area contributed by atoms with Crippen LogP contribution in [0.25, 0.3) is 0 Å². The minimum atomic E-state index is -1.11. The maximum atomic E-state index is 13.2. The Labute approximate surface area is 186 Å². The summed E-state index contributed by atoms with van der Waals surface area (Å²) >= 11 is 0. The van der Waals surface area contributed by atoms with Crippen LogP contribution in [-0.4, -0.2) is 88.7 Å². The van der Waals surface area contributed by atoms with E-state index in [0.717, 1.165) is 37.4 Å². The molecule has 2 amide bonds. The van der Waals surface area contributed by atoms with Crippen LogP contribution < -0.4 is 5.32 Å². The van der Waals surface area contributed by atoms with E-state index in [1.165, 1.54) is 32.1 Å². The van der Waals surface area contributed by atoms with E-state index in [9.17, 15) is 14.7 Å². The maximum Gasteiger partial charge on any atom is 0.254 e. The first-order chi connectivity index (χ1) is 14.9. The molecule has 0 aromatic heterocycles. The quantitative estimate of drug-likeness (QED) is 0.705. The number of piperazine rings is 1. The standard InChI is InChI=1S/C24H40N4O3/c1-16-14-27(11-12-28(16)23(30)24(31)9-10-24)22(29)18-5-3-17(4-6-18)19-7-8-21-20(13-19)25-15-26(21)2/h16-21,25,31H,3-15H2,1-2H3/t16-,17?,18?,19?,20?,21?/m0/s1. The second kappa shape index (κ2) is 8.31. The van der Waals surface area contributed by atoms with E-state index < -0.39 is 5.60 Å². The molecule has 7 heteroatoms. The molecule has 5 rings (SSSR count). The fourth-order valence-corrected chi connectivity index (χ4v) is 6.90. The fraction of sp³-hybridized carbons (Fsp3) is 0.917. The van der Waals surface area contributed by atoms with Gasteiger partial charge in [0.15, 0.2) is 0 Å². The number of nitrogens with zero attached hydrogens (tertiary/aromatic N) is 3. The minimum absolute atomic E-state index is 0.0154. The number of amides is 2. The van der Waals surface area contributed by atoms with Gasteiger partial charge in [0.2, 0.25) is 5.91 Å². The first-order valence-corrected chi connectivity index (χ1v) is 12.6. The molecule has 0 bridgehead atoms. The Kier molecular flexibility index (Phi) is 5.80. The molecule has 3 unspecified atom stereocenters. The zero-order valence-corrected chi connectivity index (χ0v) is 19.3. The Morgan fingerprint density at radius 3 is 2.39 bits per heavy atom. The van der Waals surface area contributed by atoms with Gasteiger partial charge in [-0.2, -0.15) is 0 Å². The van der Waals surface area contributed by atoms with Crippen LogP contribution >= 0.6 is 0 Å². The van der Waals surface area contributed by atoms with Crippen LogP contribution in [0.3, 0.4) is 0 Å². The van der Waals surface area contributed by atoms with Crippen molar-refractivity contribution < 1.29 is 14.7 Å². The number of nitrogens with one attached hydrogen (secondary N) is 1. The lowest BCUT2D eigenvalue weighted by molar-refractivity contribution is -0.152. The third kappa shape index (κ3) is 4.13. The van der Waals surface area contributed by atoms with Gasteiger partial charge in [0.25, 0.3) is 5.91 Å². The number of carbonyl (C=O) groups is 2. The van der Waals surface area contributed by atoms with Crippen molar-refractivity contribution in [3.63, 3.8) is 0 Å². The average molecular weight is 433 g/mol. The molecule has 5 fully saturated rings. The van der Waals surface area contributed by atoms with E-state index in [0.29, 0.717) is 44.4 Å². The Bertz CT molecular complexity index is 703. The number of fused-ring (bicyclic) bond motifs is 1. The molecule has 3 saturated carbocycles. The van der Waals surface area contributed by atoms with E-state index in [-0.39, 0.29) is 17.9 Å². The monoisotopic (exact) mass is 432 g/mol. The molecule has 0 spiro atoms. The smallest absolute Gasteiger partial charge is 0.254 e. The molecule has 174 valence electrons. The van der Waals surface area contributed by atoms with Crippen LogP contribution in [0.15, 0.2) is 0 Å². The molecular weight excluding hydrogens is 392 g/mol. The van der Waals surface area contributed by atoms with Gasteiger partial charge in [0.1, 0.15) is 5.60 Å². The van der Waals surface area contributed by atoms with Gasteiger partial charge in [-0.05, 0) is 83.6 Å². The van der Waals surface area contributed by atoms with Crippen molar-refractivity contribution in [1.82, 2.24) is 20.0 Å². The summed E-state index contributed by atoms with van der Waals surface area (Å²) in [5, 5.41) is 13.9. The second-order valence-electron chi connectivity index (χ2n) is 11.1. The normalized spacial score (nSPS) is 40.5. The Balaban J connectivity index is 1.09. The number of likely N-dealkylation sites (N-methyl/N-ethyl adjacent to an activating group) is 1. The summed E-state index contributed by atoms with van der Waals surface area (Å²) in [5.41, 5.74) is -1.11. The third-order valence-electron chi connectivity index (χ3n) is 9.13. The molecular formula is C24H40N4O3. The fourth-order valence-electron chi connectivity index (χ4n) is 6.90. The highest BCUT2D eigenvalue weighted by Crippen LogP contribution is 2.42. The average Bonchev–Trinajstić information content (AvgIpc) is 3.44. The molecule has 5 aliphatic rings. The first-order valence-electron chi connectivity index (χ1n) is 12.6. The topological polar surface area (TPSA) is 76.1 Å². The van der Waals surface area contributed by atoms with Gasteiger partial charge in [-0.25, -0.2) is 0 Å². The molecule has 0 aromatic carbocycles.